The summed E-state index contributed by atoms with van der Waals surface area (Å²) >= 11 is 0. The lowest BCUT2D eigenvalue weighted by atomic mass is 9.59. The fraction of sp³-hybridized carbons (Fsp3) is 1.00. The van der Waals surface area contributed by atoms with Gasteiger partial charge in [0.15, 0.2) is 0 Å². The maximum absolute atomic E-state index is 2.46. The second-order valence-electron chi connectivity index (χ2n) is 5.29. The van der Waals surface area contributed by atoms with E-state index in [2.05, 4.69) is 6.92 Å². The van der Waals surface area contributed by atoms with E-state index in [0.29, 0.717) is 0 Å². The molecule has 0 amide bonds. The molecule has 0 radical (unpaired) electrons. The van der Waals surface area contributed by atoms with E-state index in [9.17, 15) is 0 Å². The third-order valence-electron chi connectivity index (χ3n) is 4.58. The SMILES string of the molecule is CC1CC2CCC2(C2CC2)C1. The first kappa shape index (κ1) is 6.51. The molecule has 0 aromatic heterocycles. The zero-order valence-corrected chi connectivity index (χ0v) is 7.47. The van der Waals surface area contributed by atoms with E-state index in [4.69, 9.17) is 0 Å². The Hall–Kier alpha value is 0. The Kier molecular flexibility index (Phi) is 1.09. The molecule has 0 heteroatoms. The summed E-state index contributed by atoms with van der Waals surface area (Å²) in [6.45, 7) is 2.46. The highest BCUT2D eigenvalue weighted by atomic mass is 14.6. The van der Waals surface area contributed by atoms with E-state index in [1.165, 1.54) is 11.8 Å². The van der Waals surface area contributed by atoms with Gasteiger partial charge in [-0.2, -0.15) is 0 Å². The lowest BCUT2D eigenvalue weighted by molar-refractivity contribution is 0.0375. The molecule has 3 saturated carbocycles. The molecule has 0 aromatic carbocycles. The fourth-order valence-electron chi connectivity index (χ4n) is 3.92. The van der Waals surface area contributed by atoms with Crippen molar-refractivity contribution >= 4 is 0 Å². The fourth-order valence-corrected chi connectivity index (χ4v) is 3.92. The van der Waals surface area contributed by atoms with Gasteiger partial charge in [-0.3, -0.25) is 0 Å². The molecule has 3 fully saturated rings. The normalized spacial score (nSPS) is 55.4. The monoisotopic (exact) mass is 150 g/mol. The number of fused-ring (bicyclic) bond motifs is 1. The first-order chi connectivity index (χ1) is 5.31. The van der Waals surface area contributed by atoms with Crippen LogP contribution >= 0.6 is 0 Å². The minimum Gasteiger partial charge on any atom is -0.0625 e. The van der Waals surface area contributed by atoms with Gasteiger partial charge >= 0.3 is 0 Å². The lowest BCUT2D eigenvalue weighted by Crippen LogP contribution is -2.37. The Balaban J connectivity index is 1.85. The van der Waals surface area contributed by atoms with Crippen LogP contribution in [0.4, 0.5) is 0 Å². The Morgan fingerprint density at radius 2 is 1.91 bits per heavy atom. The molecule has 0 nitrogen and oxygen atoms in total. The average Bonchev–Trinajstić information content (AvgIpc) is 2.72. The van der Waals surface area contributed by atoms with Gasteiger partial charge in [0.1, 0.15) is 0 Å². The van der Waals surface area contributed by atoms with Crippen molar-refractivity contribution in [2.45, 2.75) is 45.4 Å². The van der Waals surface area contributed by atoms with Crippen LogP contribution in [0.15, 0.2) is 0 Å². The van der Waals surface area contributed by atoms with Crippen LogP contribution in [0.2, 0.25) is 0 Å². The van der Waals surface area contributed by atoms with Crippen LogP contribution in [0.25, 0.3) is 0 Å². The van der Waals surface area contributed by atoms with Crippen LogP contribution in [0.3, 0.4) is 0 Å². The molecular weight excluding hydrogens is 132 g/mol. The summed E-state index contributed by atoms with van der Waals surface area (Å²) in [7, 11) is 0. The van der Waals surface area contributed by atoms with Gasteiger partial charge in [0.25, 0.3) is 0 Å². The van der Waals surface area contributed by atoms with Gasteiger partial charge in [-0.1, -0.05) is 6.92 Å². The molecule has 0 bridgehead atoms. The van der Waals surface area contributed by atoms with Gasteiger partial charge in [0, 0.05) is 0 Å². The van der Waals surface area contributed by atoms with Crippen LogP contribution in [-0.4, -0.2) is 0 Å². The van der Waals surface area contributed by atoms with Crippen molar-refractivity contribution in [3.8, 4) is 0 Å². The zero-order chi connectivity index (χ0) is 7.47. The molecule has 0 spiro atoms. The molecule has 0 aromatic rings. The van der Waals surface area contributed by atoms with Crippen LogP contribution < -0.4 is 0 Å². The summed E-state index contributed by atoms with van der Waals surface area (Å²) in [6, 6.07) is 0. The maximum Gasteiger partial charge on any atom is -0.0238 e. The smallest absolute Gasteiger partial charge is 0.0238 e. The van der Waals surface area contributed by atoms with Gasteiger partial charge < -0.3 is 0 Å². The van der Waals surface area contributed by atoms with Crippen LogP contribution in [0, 0.1) is 23.2 Å². The summed E-state index contributed by atoms with van der Waals surface area (Å²) < 4.78 is 0. The summed E-state index contributed by atoms with van der Waals surface area (Å²) in [4.78, 5) is 0. The molecule has 3 unspecified atom stereocenters. The first-order valence-corrected chi connectivity index (χ1v) is 5.31. The predicted octanol–water partition coefficient (Wildman–Crippen LogP) is 3.22. The molecule has 0 heterocycles. The maximum atomic E-state index is 2.46. The van der Waals surface area contributed by atoms with E-state index in [0.717, 1.165) is 11.3 Å². The van der Waals surface area contributed by atoms with Gasteiger partial charge in [-0.15, -0.1) is 0 Å². The molecule has 62 valence electrons. The van der Waals surface area contributed by atoms with E-state index in [-0.39, 0.29) is 0 Å². The molecule has 3 rings (SSSR count). The summed E-state index contributed by atoms with van der Waals surface area (Å²) in [5.74, 6) is 3.42. The highest BCUT2D eigenvalue weighted by molar-refractivity contribution is 5.08. The topological polar surface area (TPSA) is 0 Å². The molecule has 3 aliphatic carbocycles. The van der Waals surface area contributed by atoms with E-state index >= 15 is 0 Å². The molecular formula is C11H18. The third-order valence-corrected chi connectivity index (χ3v) is 4.58. The second-order valence-corrected chi connectivity index (χ2v) is 5.29. The van der Waals surface area contributed by atoms with Crippen molar-refractivity contribution in [2.75, 3.05) is 0 Å². The second kappa shape index (κ2) is 1.84. The summed E-state index contributed by atoms with van der Waals surface area (Å²) in [5, 5.41) is 0. The van der Waals surface area contributed by atoms with Crippen molar-refractivity contribution in [3.63, 3.8) is 0 Å². The van der Waals surface area contributed by atoms with Gasteiger partial charge in [0.05, 0.1) is 0 Å². The quantitative estimate of drug-likeness (QED) is 0.538. The van der Waals surface area contributed by atoms with Gasteiger partial charge in [-0.05, 0) is 61.7 Å². The first-order valence-electron chi connectivity index (χ1n) is 5.31. The average molecular weight is 150 g/mol. The molecule has 3 aliphatic rings. The predicted molar refractivity (Wildman–Crippen MR) is 46.3 cm³/mol. The summed E-state index contributed by atoms with van der Waals surface area (Å²) in [6.07, 6.45) is 9.46. The van der Waals surface area contributed by atoms with Crippen LogP contribution in [0.5, 0.6) is 0 Å². The third kappa shape index (κ3) is 0.711. The number of rotatable bonds is 1. The van der Waals surface area contributed by atoms with Gasteiger partial charge in [0.2, 0.25) is 0 Å². The van der Waals surface area contributed by atoms with Crippen molar-refractivity contribution < 1.29 is 0 Å². The van der Waals surface area contributed by atoms with Crippen molar-refractivity contribution in [2.24, 2.45) is 23.2 Å². The van der Waals surface area contributed by atoms with Crippen LogP contribution in [-0.2, 0) is 0 Å². The highest BCUT2D eigenvalue weighted by Crippen LogP contribution is 2.68. The van der Waals surface area contributed by atoms with Crippen LogP contribution in [0.1, 0.15) is 45.4 Å². The minimum absolute atomic E-state index is 0.916. The Morgan fingerprint density at radius 3 is 2.36 bits per heavy atom. The number of hydrogen-bond acceptors (Lipinski definition) is 0. The summed E-state index contributed by atoms with van der Waals surface area (Å²) in [5.41, 5.74) is 0.916. The van der Waals surface area contributed by atoms with Crippen molar-refractivity contribution in [1.82, 2.24) is 0 Å². The Bertz CT molecular complexity index is 180. The van der Waals surface area contributed by atoms with E-state index in [1.54, 1.807) is 38.5 Å². The molecule has 11 heavy (non-hydrogen) atoms. The van der Waals surface area contributed by atoms with Gasteiger partial charge in [-0.25, -0.2) is 0 Å². The lowest BCUT2D eigenvalue weighted by Gasteiger charge is -2.46. The standard InChI is InChI=1S/C11H18/c1-8-6-10-4-5-11(10,7-8)9-2-3-9/h8-10H,2-7H2,1H3. The molecule has 0 aliphatic heterocycles. The molecule has 0 N–H and O–H groups in total. The molecule has 3 atom stereocenters. The largest absolute Gasteiger partial charge is 0.0625 e. The van der Waals surface area contributed by atoms with Crippen molar-refractivity contribution in [1.29, 1.82) is 0 Å². The Labute approximate surface area is 69.4 Å². The van der Waals surface area contributed by atoms with E-state index in [1.807, 2.05) is 0 Å². The van der Waals surface area contributed by atoms with E-state index < -0.39 is 0 Å². The zero-order valence-electron chi connectivity index (χ0n) is 7.47. The highest BCUT2D eigenvalue weighted by Gasteiger charge is 2.58. The Morgan fingerprint density at radius 1 is 1.09 bits per heavy atom. The molecule has 0 saturated heterocycles. The van der Waals surface area contributed by atoms with Crippen molar-refractivity contribution in [3.05, 3.63) is 0 Å². The number of hydrogen-bond donors (Lipinski definition) is 0. The minimum atomic E-state index is 0.916.